The summed E-state index contributed by atoms with van der Waals surface area (Å²) in [5.41, 5.74) is 0.411. The van der Waals surface area contributed by atoms with Crippen molar-refractivity contribution in [3.05, 3.63) is 45.8 Å². The molecule has 1 heterocycles. The topological polar surface area (TPSA) is 97.1 Å². The molecule has 0 radical (unpaired) electrons. The Balaban J connectivity index is 2.41. The summed E-state index contributed by atoms with van der Waals surface area (Å²) in [5, 5.41) is 25.4. The second-order valence-corrected chi connectivity index (χ2v) is 3.13. The molecule has 0 atom stereocenters. The Bertz CT molecular complexity index is 549. The molecule has 88 valence electrons. The van der Waals surface area contributed by atoms with Gasteiger partial charge in [-0.1, -0.05) is 0 Å². The van der Waals surface area contributed by atoms with Crippen molar-refractivity contribution >= 4 is 5.82 Å². The van der Waals surface area contributed by atoms with Gasteiger partial charge in [0, 0.05) is 0 Å². The number of nitro groups is 1. The van der Waals surface area contributed by atoms with Gasteiger partial charge in [0.1, 0.15) is 16.5 Å². The van der Waals surface area contributed by atoms with Gasteiger partial charge in [-0.15, -0.1) is 4.85 Å². The number of nitrogens with zero attached hydrogens (tertiary/aromatic N) is 4. The standard InChI is InChI=1S/C9H8N4O4/c1-17-8-4-2-7(3-5-8)12-10-9(13(15)16)6-11(12)14/h2-6H,1H3. The summed E-state index contributed by atoms with van der Waals surface area (Å²) in [6.45, 7) is 0. The van der Waals surface area contributed by atoms with E-state index in [4.69, 9.17) is 4.74 Å². The normalized spacial score (nSPS) is 10.2. The molecule has 0 saturated heterocycles. The van der Waals surface area contributed by atoms with Crippen molar-refractivity contribution in [2.75, 3.05) is 7.11 Å². The first kappa shape index (κ1) is 10.9. The van der Waals surface area contributed by atoms with Crippen LogP contribution in [0.25, 0.3) is 5.69 Å². The van der Waals surface area contributed by atoms with Crippen molar-refractivity contribution in [3.63, 3.8) is 0 Å². The van der Waals surface area contributed by atoms with Crippen LogP contribution in [0.5, 0.6) is 5.75 Å². The van der Waals surface area contributed by atoms with Crippen LogP contribution in [-0.2, 0) is 0 Å². The maximum Gasteiger partial charge on any atom is 0.434 e. The van der Waals surface area contributed by atoms with E-state index in [9.17, 15) is 15.3 Å². The molecule has 8 nitrogen and oxygen atoms in total. The summed E-state index contributed by atoms with van der Waals surface area (Å²) < 4.78 is 4.96. The second kappa shape index (κ2) is 4.08. The number of methoxy groups -OCH3 is 1. The summed E-state index contributed by atoms with van der Waals surface area (Å²) in [6, 6.07) is 6.40. The van der Waals surface area contributed by atoms with E-state index in [0.29, 0.717) is 16.3 Å². The lowest BCUT2D eigenvalue weighted by Crippen LogP contribution is -2.36. The first-order chi connectivity index (χ1) is 8.11. The van der Waals surface area contributed by atoms with Gasteiger partial charge < -0.3 is 20.1 Å². The van der Waals surface area contributed by atoms with Gasteiger partial charge in [0.05, 0.1) is 7.11 Å². The number of benzene rings is 1. The number of aromatic nitrogens is 3. The van der Waals surface area contributed by atoms with Crippen molar-refractivity contribution in [1.82, 2.24) is 9.90 Å². The fourth-order valence-electron chi connectivity index (χ4n) is 1.29. The molecule has 2 aromatic rings. The lowest BCUT2D eigenvalue weighted by Gasteiger charge is -2.03. The minimum absolute atomic E-state index is 0.292. The van der Waals surface area contributed by atoms with E-state index in [2.05, 4.69) is 5.10 Å². The first-order valence-corrected chi connectivity index (χ1v) is 4.60. The molecule has 0 aliphatic heterocycles. The quantitative estimate of drug-likeness (QED) is 0.333. The maximum atomic E-state index is 11.4. The van der Waals surface area contributed by atoms with Gasteiger partial charge in [-0.2, -0.15) is 0 Å². The van der Waals surface area contributed by atoms with E-state index < -0.39 is 10.7 Å². The highest BCUT2D eigenvalue weighted by molar-refractivity contribution is 5.35. The zero-order valence-corrected chi connectivity index (χ0v) is 8.81. The summed E-state index contributed by atoms with van der Waals surface area (Å²) in [7, 11) is 1.52. The molecule has 1 aromatic carbocycles. The molecule has 2 rings (SSSR count). The number of hydrogen-bond acceptors (Lipinski definition) is 5. The van der Waals surface area contributed by atoms with Gasteiger partial charge in [0.25, 0.3) is 0 Å². The third-order valence-electron chi connectivity index (χ3n) is 2.10. The third-order valence-corrected chi connectivity index (χ3v) is 2.10. The SMILES string of the molecule is COc1ccc(-n2nc([N+](=O)[O-])c[n+]2[O-])cc1. The average molecular weight is 236 g/mol. The van der Waals surface area contributed by atoms with Crippen LogP contribution in [0.1, 0.15) is 0 Å². The van der Waals surface area contributed by atoms with Crippen LogP contribution in [0.3, 0.4) is 0 Å². The van der Waals surface area contributed by atoms with E-state index in [1.54, 1.807) is 24.3 Å². The molecule has 0 aliphatic carbocycles. The molecule has 0 amide bonds. The zero-order chi connectivity index (χ0) is 12.4. The van der Waals surface area contributed by atoms with E-state index in [1.807, 2.05) is 0 Å². The van der Waals surface area contributed by atoms with Crippen molar-refractivity contribution in [1.29, 1.82) is 0 Å². The molecular weight excluding hydrogens is 228 g/mol. The van der Waals surface area contributed by atoms with Crippen molar-refractivity contribution < 1.29 is 14.5 Å². The molecule has 0 fully saturated rings. The van der Waals surface area contributed by atoms with Crippen molar-refractivity contribution in [2.45, 2.75) is 0 Å². The summed E-state index contributed by atoms with van der Waals surface area (Å²) >= 11 is 0. The Morgan fingerprint density at radius 3 is 2.53 bits per heavy atom. The van der Waals surface area contributed by atoms with Gasteiger partial charge in [0.2, 0.25) is 6.20 Å². The van der Waals surface area contributed by atoms with Crippen LogP contribution in [0, 0.1) is 15.3 Å². The molecule has 0 spiro atoms. The van der Waals surface area contributed by atoms with E-state index >= 15 is 0 Å². The number of rotatable bonds is 3. The molecule has 8 heteroatoms. The summed E-state index contributed by atoms with van der Waals surface area (Å²) in [4.78, 5) is 10.9. The van der Waals surface area contributed by atoms with Crippen LogP contribution >= 0.6 is 0 Å². The Morgan fingerprint density at radius 2 is 2.06 bits per heavy atom. The van der Waals surface area contributed by atoms with Crippen molar-refractivity contribution in [3.8, 4) is 11.4 Å². The Labute approximate surface area is 95.4 Å². The fraction of sp³-hybridized carbons (Fsp3) is 0.111. The van der Waals surface area contributed by atoms with Gasteiger partial charge in [-0.3, -0.25) is 0 Å². The van der Waals surface area contributed by atoms with Crippen LogP contribution in [0.4, 0.5) is 5.82 Å². The monoisotopic (exact) mass is 236 g/mol. The van der Waals surface area contributed by atoms with Crippen LogP contribution in [0.15, 0.2) is 30.5 Å². The summed E-state index contributed by atoms with van der Waals surface area (Å²) in [6.07, 6.45) is 0.796. The zero-order valence-electron chi connectivity index (χ0n) is 8.81. The third kappa shape index (κ3) is 2.00. The van der Waals surface area contributed by atoms with Crippen LogP contribution in [0.2, 0.25) is 0 Å². The van der Waals surface area contributed by atoms with Crippen molar-refractivity contribution in [2.24, 2.45) is 0 Å². The molecule has 1 aromatic heterocycles. The van der Waals surface area contributed by atoms with Crippen LogP contribution < -0.4 is 9.58 Å². The van der Waals surface area contributed by atoms with Gasteiger partial charge >= 0.3 is 5.82 Å². The smallest absolute Gasteiger partial charge is 0.434 e. The molecule has 0 unspecified atom stereocenters. The minimum Gasteiger partial charge on any atom is -0.692 e. The predicted octanol–water partition coefficient (Wildman–Crippen LogP) is 0.422. The van der Waals surface area contributed by atoms with E-state index in [1.165, 1.54) is 7.11 Å². The second-order valence-electron chi connectivity index (χ2n) is 3.13. The average Bonchev–Trinajstić information content (AvgIpc) is 2.72. The van der Waals surface area contributed by atoms with Gasteiger partial charge in [-0.25, -0.2) is 0 Å². The maximum absolute atomic E-state index is 11.4. The Hall–Kier alpha value is -2.64. The summed E-state index contributed by atoms with van der Waals surface area (Å²) in [5.74, 6) is 0.115. The lowest BCUT2D eigenvalue weighted by atomic mass is 10.3. The largest absolute Gasteiger partial charge is 0.692 e. The van der Waals surface area contributed by atoms with Gasteiger partial charge in [-0.05, 0) is 34.0 Å². The molecular formula is C9H8N4O4. The fourth-order valence-corrected chi connectivity index (χ4v) is 1.29. The molecule has 0 saturated carbocycles. The Morgan fingerprint density at radius 1 is 1.41 bits per heavy atom. The number of hydrogen-bond donors (Lipinski definition) is 0. The van der Waals surface area contributed by atoms with E-state index in [-0.39, 0.29) is 0 Å². The van der Waals surface area contributed by atoms with Gasteiger partial charge in [0.15, 0.2) is 0 Å². The van der Waals surface area contributed by atoms with Crippen LogP contribution in [-0.4, -0.2) is 21.9 Å². The Kier molecular flexibility index (Phi) is 2.61. The highest BCUT2D eigenvalue weighted by atomic mass is 16.6. The number of ether oxygens (including phenoxy) is 1. The highest BCUT2D eigenvalue weighted by Crippen LogP contribution is 2.14. The predicted molar refractivity (Wildman–Crippen MR) is 55.7 cm³/mol. The molecule has 0 N–H and O–H groups in total. The first-order valence-electron chi connectivity index (χ1n) is 4.60. The molecule has 0 aliphatic rings. The highest BCUT2D eigenvalue weighted by Gasteiger charge is 2.18. The molecule has 0 bridgehead atoms. The molecule has 17 heavy (non-hydrogen) atoms. The minimum atomic E-state index is -0.728. The van der Waals surface area contributed by atoms with E-state index in [0.717, 1.165) is 11.0 Å². The lowest BCUT2D eigenvalue weighted by molar-refractivity contribution is -0.689.